The number of urea groups is 1. The highest BCUT2D eigenvalue weighted by Gasteiger charge is 2.23. The molecular weight excluding hydrogens is 358 g/mol. The molecule has 0 fully saturated rings. The molecule has 0 unspecified atom stereocenters. The highest BCUT2D eigenvalue weighted by molar-refractivity contribution is 7.11. The van der Waals surface area contributed by atoms with Crippen LogP contribution in [0.1, 0.15) is 22.3 Å². The first-order valence-corrected chi connectivity index (χ1v) is 8.66. The number of carbonyl (C=O) groups excluding carboxylic acids is 1. The summed E-state index contributed by atoms with van der Waals surface area (Å²) in [6.07, 6.45) is 1.44. The van der Waals surface area contributed by atoms with E-state index in [2.05, 4.69) is 9.69 Å². The molecule has 0 aliphatic rings. The van der Waals surface area contributed by atoms with Crippen LogP contribution < -0.4 is 14.8 Å². The summed E-state index contributed by atoms with van der Waals surface area (Å²) in [6.45, 7) is 0.308. The van der Waals surface area contributed by atoms with Crippen LogP contribution in [0.4, 0.5) is 9.80 Å². The van der Waals surface area contributed by atoms with E-state index in [1.54, 1.807) is 21.2 Å². The number of ether oxygens (including phenoxy) is 2. The van der Waals surface area contributed by atoms with Gasteiger partial charge in [0.2, 0.25) is 5.88 Å². The van der Waals surface area contributed by atoms with E-state index >= 15 is 0 Å². The van der Waals surface area contributed by atoms with Gasteiger partial charge in [0.25, 0.3) is 0 Å². The average Bonchev–Trinajstić information content (AvgIpc) is 3.01. The Morgan fingerprint density at radius 3 is 2.77 bits per heavy atom. The molecule has 0 saturated carbocycles. The van der Waals surface area contributed by atoms with E-state index < -0.39 is 12.0 Å². The van der Waals surface area contributed by atoms with Gasteiger partial charge in [0, 0.05) is 14.1 Å². The molecule has 2 aromatic rings. The van der Waals surface area contributed by atoms with Crippen LogP contribution in [0.15, 0.2) is 24.3 Å². The minimum Gasteiger partial charge on any atom is -0.497 e. The van der Waals surface area contributed by atoms with E-state index in [0.717, 1.165) is 29.3 Å². The van der Waals surface area contributed by atoms with Gasteiger partial charge in [-0.2, -0.15) is 4.37 Å². The standard InChI is InChI=1S/C17H21N3O5S/c1-20(2)17(23)18-15-13(16(21)22)14(19-26-15)25-9-5-7-11-6-4-8-12(10-11)24-3/h4,6,8,10H,5,7,9H2,1-3H3,(H,18,23)(H,21,22). The number of carboxylic acids is 1. The number of carboxylic acid groups (broad SMARTS) is 1. The fourth-order valence-electron chi connectivity index (χ4n) is 2.13. The van der Waals surface area contributed by atoms with E-state index in [9.17, 15) is 14.7 Å². The number of anilines is 1. The molecule has 2 amide bonds. The Morgan fingerprint density at radius 2 is 2.12 bits per heavy atom. The molecule has 0 bridgehead atoms. The van der Waals surface area contributed by atoms with Gasteiger partial charge in [-0.25, -0.2) is 9.59 Å². The van der Waals surface area contributed by atoms with Crippen molar-refractivity contribution < 1.29 is 24.2 Å². The number of amides is 2. The predicted molar refractivity (Wildman–Crippen MR) is 98.6 cm³/mol. The van der Waals surface area contributed by atoms with Crippen molar-refractivity contribution in [3.05, 3.63) is 35.4 Å². The lowest BCUT2D eigenvalue weighted by atomic mass is 10.1. The highest BCUT2D eigenvalue weighted by Crippen LogP contribution is 2.31. The Hall–Kier alpha value is -2.81. The normalized spacial score (nSPS) is 10.3. The number of rotatable bonds is 8. The summed E-state index contributed by atoms with van der Waals surface area (Å²) >= 11 is 0.879. The van der Waals surface area contributed by atoms with Crippen molar-refractivity contribution in [2.24, 2.45) is 0 Å². The maximum Gasteiger partial charge on any atom is 0.344 e. The monoisotopic (exact) mass is 379 g/mol. The van der Waals surface area contributed by atoms with E-state index in [1.165, 1.54) is 4.90 Å². The first-order valence-electron chi connectivity index (χ1n) is 7.89. The van der Waals surface area contributed by atoms with Crippen LogP contribution in [-0.4, -0.2) is 54.2 Å². The molecule has 2 N–H and O–H groups in total. The van der Waals surface area contributed by atoms with Crippen molar-refractivity contribution in [3.8, 4) is 11.6 Å². The number of aromatic carboxylic acids is 1. The van der Waals surface area contributed by atoms with Crippen LogP contribution in [0.5, 0.6) is 11.6 Å². The molecule has 1 heterocycles. The van der Waals surface area contributed by atoms with Crippen molar-refractivity contribution >= 4 is 28.5 Å². The third-order valence-electron chi connectivity index (χ3n) is 3.48. The quantitative estimate of drug-likeness (QED) is 0.684. The Bertz CT molecular complexity index is 776. The highest BCUT2D eigenvalue weighted by atomic mass is 32.1. The molecule has 0 aliphatic carbocycles. The first-order chi connectivity index (χ1) is 12.4. The fraction of sp³-hybridized carbons (Fsp3) is 0.353. The van der Waals surface area contributed by atoms with Crippen molar-refractivity contribution in [3.63, 3.8) is 0 Å². The third kappa shape index (κ3) is 5.09. The summed E-state index contributed by atoms with van der Waals surface area (Å²) in [5.41, 5.74) is 0.968. The zero-order chi connectivity index (χ0) is 19.1. The number of benzene rings is 1. The third-order valence-corrected chi connectivity index (χ3v) is 4.23. The van der Waals surface area contributed by atoms with Crippen molar-refractivity contribution in [2.75, 3.05) is 33.1 Å². The molecule has 0 radical (unpaired) electrons. The Labute approximate surface area is 155 Å². The number of methoxy groups -OCH3 is 1. The summed E-state index contributed by atoms with van der Waals surface area (Å²) in [5, 5.41) is 12.0. The maximum atomic E-state index is 11.7. The number of aromatic nitrogens is 1. The summed E-state index contributed by atoms with van der Waals surface area (Å²) in [5.74, 6) is -0.393. The molecule has 0 atom stereocenters. The van der Waals surface area contributed by atoms with Gasteiger partial charge in [0.15, 0.2) is 5.56 Å². The van der Waals surface area contributed by atoms with Crippen LogP contribution in [-0.2, 0) is 6.42 Å². The van der Waals surface area contributed by atoms with Gasteiger partial charge >= 0.3 is 12.0 Å². The van der Waals surface area contributed by atoms with Crippen LogP contribution in [0.2, 0.25) is 0 Å². The number of hydrogen-bond donors (Lipinski definition) is 2. The smallest absolute Gasteiger partial charge is 0.344 e. The van der Waals surface area contributed by atoms with E-state index in [0.29, 0.717) is 13.0 Å². The topological polar surface area (TPSA) is 101 Å². The predicted octanol–water partition coefficient (Wildman–Crippen LogP) is 2.96. The molecule has 2 rings (SSSR count). The Balaban J connectivity index is 1.95. The fourth-order valence-corrected chi connectivity index (χ4v) is 2.85. The van der Waals surface area contributed by atoms with Crippen molar-refractivity contribution in [1.29, 1.82) is 0 Å². The number of hydrogen-bond acceptors (Lipinski definition) is 6. The lowest BCUT2D eigenvalue weighted by Crippen LogP contribution is -2.27. The second-order valence-corrected chi connectivity index (χ2v) is 6.40. The Morgan fingerprint density at radius 1 is 1.35 bits per heavy atom. The van der Waals surface area contributed by atoms with E-state index in [-0.39, 0.29) is 16.4 Å². The summed E-state index contributed by atoms with van der Waals surface area (Å²) in [6, 6.07) is 7.29. The zero-order valence-corrected chi connectivity index (χ0v) is 15.6. The van der Waals surface area contributed by atoms with Gasteiger partial charge in [0.05, 0.1) is 13.7 Å². The number of aryl methyl sites for hydroxylation is 1. The number of nitrogens with one attached hydrogen (secondary N) is 1. The van der Waals surface area contributed by atoms with Crippen molar-refractivity contribution in [1.82, 2.24) is 9.27 Å². The maximum absolute atomic E-state index is 11.7. The summed E-state index contributed by atoms with van der Waals surface area (Å²) in [7, 11) is 4.74. The number of nitrogens with zero attached hydrogens (tertiary/aromatic N) is 2. The molecule has 0 aliphatic heterocycles. The molecule has 0 saturated heterocycles. The van der Waals surface area contributed by atoms with Crippen LogP contribution in [0.25, 0.3) is 0 Å². The molecule has 26 heavy (non-hydrogen) atoms. The molecule has 9 heteroatoms. The van der Waals surface area contributed by atoms with Gasteiger partial charge in [-0.05, 0) is 42.1 Å². The first kappa shape index (κ1) is 19.5. The van der Waals surface area contributed by atoms with E-state index in [1.807, 2.05) is 24.3 Å². The molecule has 1 aromatic heterocycles. The summed E-state index contributed by atoms with van der Waals surface area (Å²) < 4.78 is 14.7. The summed E-state index contributed by atoms with van der Waals surface area (Å²) in [4.78, 5) is 24.5. The second kappa shape index (κ2) is 9.04. The lowest BCUT2D eigenvalue weighted by molar-refractivity contribution is 0.0693. The van der Waals surface area contributed by atoms with E-state index in [4.69, 9.17) is 9.47 Å². The minimum absolute atomic E-state index is 0.0159. The zero-order valence-electron chi connectivity index (χ0n) is 14.8. The lowest BCUT2D eigenvalue weighted by Gasteiger charge is -2.11. The molecule has 1 aromatic carbocycles. The van der Waals surface area contributed by atoms with Crippen LogP contribution in [0.3, 0.4) is 0 Å². The molecule has 140 valence electrons. The molecule has 0 spiro atoms. The van der Waals surface area contributed by atoms with Crippen molar-refractivity contribution in [2.45, 2.75) is 12.8 Å². The minimum atomic E-state index is -1.20. The van der Waals surface area contributed by atoms with Crippen LogP contribution in [0, 0.1) is 0 Å². The molecule has 8 nitrogen and oxygen atoms in total. The van der Waals surface area contributed by atoms with Gasteiger partial charge in [0.1, 0.15) is 10.8 Å². The SMILES string of the molecule is COc1cccc(CCCOc2nsc(NC(=O)N(C)C)c2C(=O)O)c1. The average molecular weight is 379 g/mol. The molecular formula is C17H21N3O5S. The Kier molecular flexibility index (Phi) is 6.79. The van der Waals surface area contributed by atoms with Gasteiger partial charge < -0.3 is 19.5 Å². The van der Waals surface area contributed by atoms with Gasteiger partial charge in [-0.15, -0.1) is 0 Å². The van der Waals surface area contributed by atoms with Gasteiger partial charge in [-0.1, -0.05) is 12.1 Å². The largest absolute Gasteiger partial charge is 0.497 e. The number of carbonyl (C=O) groups is 2. The second-order valence-electron chi connectivity index (χ2n) is 5.63. The van der Waals surface area contributed by atoms with Gasteiger partial charge in [-0.3, -0.25) is 5.32 Å². The van der Waals surface area contributed by atoms with Crippen LogP contribution >= 0.6 is 11.5 Å².